The van der Waals surface area contributed by atoms with E-state index in [0.717, 1.165) is 11.1 Å². The maximum atomic E-state index is 14.7. The van der Waals surface area contributed by atoms with E-state index in [0.29, 0.717) is 29.9 Å². The number of amides is 1. The fraction of sp³-hybridized carbons (Fsp3) is 0.435. The van der Waals surface area contributed by atoms with E-state index < -0.39 is 30.9 Å². The first-order chi connectivity index (χ1) is 17.3. The molecule has 1 fully saturated rings. The third-order valence-corrected chi connectivity index (χ3v) is 6.02. The summed E-state index contributed by atoms with van der Waals surface area (Å²) in [6, 6.07) is 6.43. The van der Waals surface area contributed by atoms with Crippen molar-refractivity contribution in [3.63, 3.8) is 0 Å². The standard InChI is InChI=1S/C23H28F2N8O3/c1-13(24)10-27-19-9-14(3-4-18(19)30-26)15-5-8-33-21(15)22(36-2)29-23(31-33)28-17-6-7-32(11-16(17)25)20(35)12-34/h3-5,8-9,13,16-17,26-27,34H,6-7,10-12H2,1-2H3,(H,28,31)/t13-,16+,17-/m0/s1. The Morgan fingerprint density at radius 1 is 1.42 bits per heavy atom. The highest BCUT2D eigenvalue weighted by atomic mass is 19.1. The Bertz CT molecular complexity index is 1250. The van der Waals surface area contributed by atoms with Crippen molar-refractivity contribution >= 4 is 28.7 Å². The molecule has 1 saturated heterocycles. The lowest BCUT2D eigenvalue weighted by Crippen LogP contribution is -2.50. The molecule has 1 amide bonds. The van der Waals surface area contributed by atoms with E-state index in [4.69, 9.17) is 15.4 Å². The van der Waals surface area contributed by atoms with Crippen LogP contribution in [0.3, 0.4) is 0 Å². The predicted octanol–water partition coefficient (Wildman–Crippen LogP) is 3.18. The Hall–Kier alpha value is -3.87. The van der Waals surface area contributed by atoms with Crippen molar-refractivity contribution in [1.29, 1.82) is 5.53 Å². The Balaban J connectivity index is 1.61. The topological polar surface area (TPSA) is 140 Å². The quantitative estimate of drug-likeness (QED) is 0.330. The molecule has 1 aliphatic heterocycles. The van der Waals surface area contributed by atoms with Crippen molar-refractivity contribution < 1.29 is 23.4 Å². The number of methoxy groups -OCH3 is 1. The monoisotopic (exact) mass is 502 g/mol. The lowest BCUT2D eigenvalue weighted by atomic mass is 10.0. The van der Waals surface area contributed by atoms with Crippen molar-refractivity contribution in [2.45, 2.75) is 31.7 Å². The first-order valence-electron chi connectivity index (χ1n) is 11.5. The summed E-state index contributed by atoms with van der Waals surface area (Å²) >= 11 is 0. The molecule has 13 heteroatoms. The molecule has 2 aromatic heterocycles. The minimum atomic E-state index is -1.36. The van der Waals surface area contributed by atoms with Crippen LogP contribution in [0.15, 0.2) is 35.6 Å². The molecule has 0 saturated carbocycles. The zero-order chi connectivity index (χ0) is 25.8. The van der Waals surface area contributed by atoms with E-state index in [1.165, 1.54) is 18.9 Å². The van der Waals surface area contributed by atoms with E-state index in [1.807, 2.05) is 6.07 Å². The number of ether oxygens (including phenoxy) is 1. The molecular weight excluding hydrogens is 474 g/mol. The predicted molar refractivity (Wildman–Crippen MR) is 129 cm³/mol. The van der Waals surface area contributed by atoms with Gasteiger partial charge >= 0.3 is 0 Å². The van der Waals surface area contributed by atoms with Gasteiger partial charge in [0.1, 0.15) is 30.2 Å². The van der Waals surface area contributed by atoms with Gasteiger partial charge in [-0.15, -0.1) is 5.10 Å². The molecule has 3 heterocycles. The van der Waals surface area contributed by atoms with Crippen LogP contribution >= 0.6 is 0 Å². The number of aliphatic hydroxyl groups is 1. The average molecular weight is 503 g/mol. The minimum absolute atomic E-state index is 0.0760. The third kappa shape index (κ3) is 5.20. The molecule has 3 aromatic rings. The van der Waals surface area contributed by atoms with Crippen molar-refractivity contribution in [2.75, 3.05) is 44.0 Å². The molecule has 0 aliphatic carbocycles. The third-order valence-electron chi connectivity index (χ3n) is 6.02. The Morgan fingerprint density at radius 3 is 2.89 bits per heavy atom. The molecule has 3 atom stereocenters. The fourth-order valence-corrected chi connectivity index (χ4v) is 4.18. The summed E-state index contributed by atoms with van der Waals surface area (Å²) in [6.07, 6.45) is -0.393. The minimum Gasteiger partial charge on any atom is -0.479 e. The van der Waals surface area contributed by atoms with E-state index in [2.05, 4.69) is 25.8 Å². The maximum absolute atomic E-state index is 14.7. The molecule has 4 N–H and O–H groups in total. The lowest BCUT2D eigenvalue weighted by Gasteiger charge is -2.34. The highest BCUT2D eigenvalue weighted by Gasteiger charge is 2.32. The fourth-order valence-electron chi connectivity index (χ4n) is 4.18. The lowest BCUT2D eigenvalue weighted by molar-refractivity contribution is -0.136. The van der Waals surface area contributed by atoms with Gasteiger partial charge in [-0.3, -0.25) is 4.79 Å². The molecule has 11 nitrogen and oxygen atoms in total. The smallest absolute Gasteiger partial charge is 0.248 e. The van der Waals surface area contributed by atoms with Gasteiger partial charge in [0.25, 0.3) is 0 Å². The second-order valence-corrected chi connectivity index (χ2v) is 8.53. The van der Waals surface area contributed by atoms with Crippen LogP contribution in [-0.4, -0.2) is 82.2 Å². The normalized spacial score (nSPS) is 18.6. The molecule has 1 aliphatic rings. The Morgan fingerprint density at radius 2 is 2.22 bits per heavy atom. The molecule has 0 unspecified atom stereocenters. The zero-order valence-corrected chi connectivity index (χ0v) is 19.9. The number of halogens is 2. The average Bonchev–Trinajstić information content (AvgIpc) is 3.31. The number of piperidine rings is 1. The molecule has 1 aromatic carbocycles. The number of benzene rings is 1. The number of rotatable bonds is 9. The second-order valence-electron chi connectivity index (χ2n) is 8.53. The van der Waals surface area contributed by atoms with Crippen LogP contribution in [0.5, 0.6) is 5.88 Å². The Kier molecular flexibility index (Phi) is 7.58. The zero-order valence-electron chi connectivity index (χ0n) is 19.9. The first-order valence-corrected chi connectivity index (χ1v) is 11.5. The van der Waals surface area contributed by atoms with Crippen molar-refractivity contribution in [3.8, 4) is 17.0 Å². The van der Waals surface area contributed by atoms with Gasteiger partial charge < -0.3 is 25.4 Å². The van der Waals surface area contributed by atoms with Gasteiger partial charge in [0.05, 0.1) is 25.4 Å². The molecular formula is C23H28F2N8O3. The van der Waals surface area contributed by atoms with Gasteiger partial charge in [0, 0.05) is 24.8 Å². The van der Waals surface area contributed by atoms with Crippen LogP contribution in [0.2, 0.25) is 0 Å². The highest BCUT2D eigenvalue weighted by molar-refractivity contribution is 5.87. The number of anilines is 2. The van der Waals surface area contributed by atoms with Gasteiger partial charge in [-0.25, -0.2) is 18.8 Å². The van der Waals surface area contributed by atoms with Crippen LogP contribution in [0.25, 0.3) is 16.6 Å². The number of fused-ring (bicyclic) bond motifs is 1. The van der Waals surface area contributed by atoms with E-state index >= 15 is 0 Å². The molecule has 0 bridgehead atoms. The number of likely N-dealkylation sites (tertiary alicyclic amines) is 1. The molecule has 0 radical (unpaired) electrons. The van der Waals surface area contributed by atoms with Crippen LogP contribution in [0, 0.1) is 5.53 Å². The molecule has 36 heavy (non-hydrogen) atoms. The van der Waals surface area contributed by atoms with Crippen LogP contribution in [0.4, 0.5) is 26.1 Å². The Labute approximate surface area is 206 Å². The number of carbonyl (C=O) groups excluding carboxylic acids is 1. The SMILES string of the molecule is COc1nc(N[C@H]2CCN(C(=O)CO)C[C@H]2F)nn2ccc(-c3ccc(N=N)c(NC[C@H](C)F)c3)c12. The number of hydrogen-bond donors (Lipinski definition) is 4. The van der Waals surface area contributed by atoms with Crippen molar-refractivity contribution in [2.24, 2.45) is 5.11 Å². The summed E-state index contributed by atoms with van der Waals surface area (Å²) in [4.78, 5) is 17.4. The van der Waals surface area contributed by atoms with E-state index in [9.17, 15) is 13.6 Å². The van der Waals surface area contributed by atoms with Crippen LogP contribution in [-0.2, 0) is 4.79 Å². The summed E-state index contributed by atoms with van der Waals surface area (Å²) in [5, 5.41) is 22.9. The van der Waals surface area contributed by atoms with E-state index in [1.54, 1.807) is 28.9 Å². The van der Waals surface area contributed by atoms with E-state index in [-0.39, 0.29) is 24.9 Å². The number of hydrogen-bond acceptors (Lipinski definition) is 9. The molecule has 4 rings (SSSR count). The number of alkyl halides is 2. The molecule has 192 valence electrons. The van der Waals surface area contributed by atoms with Crippen LogP contribution < -0.4 is 15.4 Å². The molecule has 0 spiro atoms. The van der Waals surface area contributed by atoms with Gasteiger partial charge in [0.2, 0.25) is 17.7 Å². The second kappa shape index (κ2) is 10.8. The number of nitrogens with one attached hydrogen (secondary N) is 3. The summed E-state index contributed by atoms with van der Waals surface area (Å²) in [5.74, 6) is -0.0759. The van der Waals surface area contributed by atoms with Crippen molar-refractivity contribution in [1.82, 2.24) is 19.5 Å². The van der Waals surface area contributed by atoms with Gasteiger partial charge in [-0.1, -0.05) is 6.07 Å². The summed E-state index contributed by atoms with van der Waals surface area (Å²) in [5.41, 5.74) is 10.3. The van der Waals surface area contributed by atoms with Crippen LogP contribution in [0.1, 0.15) is 13.3 Å². The first kappa shape index (κ1) is 25.2. The highest BCUT2D eigenvalue weighted by Crippen LogP contribution is 2.36. The number of nitrogens with zero attached hydrogens (tertiary/aromatic N) is 5. The largest absolute Gasteiger partial charge is 0.479 e. The number of aromatic nitrogens is 3. The summed E-state index contributed by atoms with van der Waals surface area (Å²) in [7, 11) is 1.47. The number of aliphatic hydroxyl groups excluding tert-OH is 1. The van der Waals surface area contributed by atoms with Gasteiger partial charge in [-0.05, 0) is 37.1 Å². The maximum Gasteiger partial charge on any atom is 0.248 e. The summed E-state index contributed by atoms with van der Waals surface area (Å²) < 4.78 is 35.2. The number of carbonyl (C=O) groups is 1. The van der Waals surface area contributed by atoms with Crippen molar-refractivity contribution in [3.05, 3.63) is 30.5 Å². The van der Waals surface area contributed by atoms with Gasteiger partial charge in [0.15, 0.2) is 0 Å². The summed E-state index contributed by atoms with van der Waals surface area (Å²) in [6.45, 7) is 1.05. The van der Waals surface area contributed by atoms with Gasteiger partial charge in [-0.2, -0.15) is 10.1 Å².